The standard InChI is InChI=1S/C10H21N/c1-10(2,3)8-11-7-9-5-4-6-9/h9,11H,4-8H2,1-3H3. The van der Waals surface area contributed by atoms with Crippen molar-refractivity contribution in [1.82, 2.24) is 5.32 Å². The first kappa shape index (κ1) is 9.05. The summed E-state index contributed by atoms with van der Waals surface area (Å²) in [7, 11) is 0. The molecule has 1 aliphatic rings. The first-order chi connectivity index (χ1) is 5.08. The molecule has 66 valence electrons. The van der Waals surface area contributed by atoms with E-state index in [0.29, 0.717) is 5.41 Å². The van der Waals surface area contributed by atoms with Crippen LogP contribution in [0, 0.1) is 11.3 Å². The van der Waals surface area contributed by atoms with Gasteiger partial charge in [-0.2, -0.15) is 0 Å². The van der Waals surface area contributed by atoms with Crippen LogP contribution in [0.25, 0.3) is 0 Å². The highest BCUT2D eigenvalue weighted by atomic mass is 14.9. The minimum Gasteiger partial charge on any atom is -0.316 e. The maximum absolute atomic E-state index is 3.53. The van der Waals surface area contributed by atoms with E-state index in [1.54, 1.807) is 0 Å². The Bertz CT molecular complexity index is 109. The molecule has 1 N–H and O–H groups in total. The van der Waals surface area contributed by atoms with Crippen LogP contribution in [-0.4, -0.2) is 13.1 Å². The van der Waals surface area contributed by atoms with Crippen LogP contribution in [0.1, 0.15) is 40.0 Å². The molecule has 1 saturated carbocycles. The molecule has 0 heterocycles. The summed E-state index contributed by atoms with van der Waals surface area (Å²) in [5.41, 5.74) is 0.448. The molecule has 0 bridgehead atoms. The summed E-state index contributed by atoms with van der Waals surface area (Å²) in [5.74, 6) is 0.998. The molecule has 0 aromatic heterocycles. The number of hydrogen-bond donors (Lipinski definition) is 1. The van der Waals surface area contributed by atoms with Crippen molar-refractivity contribution in [1.29, 1.82) is 0 Å². The monoisotopic (exact) mass is 155 g/mol. The molecule has 0 saturated heterocycles. The smallest absolute Gasteiger partial charge is 0.000000945 e. The van der Waals surface area contributed by atoms with Crippen molar-refractivity contribution in [3.63, 3.8) is 0 Å². The topological polar surface area (TPSA) is 12.0 Å². The van der Waals surface area contributed by atoms with E-state index >= 15 is 0 Å². The van der Waals surface area contributed by atoms with E-state index in [1.807, 2.05) is 0 Å². The molecule has 1 aliphatic carbocycles. The Labute approximate surface area is 70.6 Å². The van der Waals surface area contributed by atoms with Gasteiger partial charge in [0.15, 0.2) is 0 Å². The molecule has 0 atom stereocenters. The summed E-state index contributed by atoms with van der Waals surface area (Å²) in [6, 6.07) is 0. The van der Waals surface area contributed by atoms with Gasteiger partial charge in [-0.25, -0.2) is 0 Å². The average molecular weight is 155 g/mol. The second kappa shape index (κ2) is 3.57. The van der Waals surface area contributed by atoms with Gasteiger partial charge in [-0.1, -0.05) is 27.2 Å². The van der Waals surface area contributed by atoms with Crippen LogP contribution in [0.15, 0.2) is 0 Å². The van der Waals surface area contributed by atoms with Gasteiger partial charge in [0.1, 0.15) is 0 Å². The first-order valence-electron chi connectivity index (χ1n) is 4.79. The third-order valence-electron chi connectivity index (χ3n) is 2.31. The molecule has 0 spiro atoms. The van der Waals surface area contributed by atoms with Crippen molar-refractivity contribution < 1.29 is 0 Å². The van der Waals surface area contributed by atoms with Gasteiger partial charge >= 0.3 is 0 Å². The zero-order valence-electron chi connectivity index (χ0n) is 8.11. The molecular weight excluding hydrogens is 134 g/mol. The Morgan fingerprint density at radius 2 is 1.91 bits per heavy atom. The molecule has 1 fully saturated rings. The van der Waals surface area contributed by atoms with Crippen molar-refractivity contribution in [3.05, 3.63) is 0 Å². The highest BCUT2D eigenvalue weighted by Crippen LogP contribution is 2.25. The lowest BCUT2D eigenvalue weighted by atomic mass is 9.85. The van der Waals surface area contributed by atoms with Crippen LogP contribution in [0.2, 0.25) is 0 Å². The number of rotatable bonds is 3. The van der Waals surface area contributed by atoms with Crippen molar-refractivity contribution in [2.45, 2.75) is 40.0 Å². The van der Waals surface area contributed by atoms with Crippen LogP contribution < -0.4 is 5.32 Å². The molecule has 0 aromatic rings. The highest BCUT2D eigenvalue weighted by molar-refractivity contribution is 4.73. The Hall–Kier alpha value is -0.0400. The van der Waals surface area contributed by atoms with Gasteiger partial charge in [-0.15, -0.1) is 0 Å². The fraction of sp³-hybridized carbons (Fsp3) is 1.00. The fourth-order valence-corrected chi connectivity index (χ4v) is 1.35. The lowest BCUT2D eigenvalue weighted by Gasteiger charge is -2.27. The predicted molar refractivity (Wildman–Crippen MR) is 49.7 cm³/mol. The molecule has 11 heavy (non-hydrogen) atoms. The zero-order chi connectivity index (χ0) is 8.32. The molecule has 1 rings (SSSR count). The van der Waals surface area contributed by atoms with Crippen LogP contribution >= 0.6 is 0 Å². The fourth-order valence-electron chi connectivity index (χ4n) is 1.35. The quantitative estimate of drug-likeness (QED) is 0.660. The van der Waals surface area contributed by atoms with Crippen LogP contribution in [0.5, 0.6) is 0 Å². The summed E-state index contributed by atoms with van der Waals surface area (Å²) in [5, 5.41) is 3.53. The minimum atomic E-state index is 0.448. The maximum Gasteiger partial charge on any atom is -0.000000945 e. The second-order valence-electron chi connectivity index (χ2n) is 4.99. The number of hydrogen-bond acceptors (Lipinski definition) is 1. The van der Waals surface area contributed by atoms with E-state index < -0.39 is 0 Å². The molecule has 1 heteroatoms. The van der Waals surface area contributed by atoms with Gasteiger partial charge in [-0.3, -0.25) is 0 Å². The molecule has 0 aromatic carbocycles. The summed E-state index contributed by atoms with van der Waals surface area (Å²) >= 11 is 0. The largest absolute Gasteiger partial charge is 0.316 e. The van der Waals surface area contributed by atoms with Gasteiger partial charge in [0, 0.05) is 0 Å². The second-order valence-corrected chi connectivity index (χ2v) is 4.99. The summed E-state index contributed by atoms with van der Waals surface area (Å²) < 4.78 is 0. The molecule has 1 nitrogen and oxygen atoms in total. The normalized spacial score (nSPS) is 19.9. The van der Waals surface area contributed by atoms with Gasteiger partial charge in [-0.05, 0) is 37.3 Å². The average Bonchev–Trinajstić information content (AvgIpc) is 1.73. The Balaban J connectivity index is 1.95. The van der Waals surface area contributed by atoms with E-state index in [1.165, 1.54) is 25.8 Å². The van der Waals surface area contributed by atoms with Crippen molar-refractivity contribution in [2.75, 3.05) is 13.1 Å². The molecule has 0 radical (unpaired) electrons. The van der Waals surface area contributed by atoms with E-state index in [9.17, 15) is 0 Å². The van der Waals surface area contributed by atoms with Crippen molar-refractivity contribution in [2.24, 2.45) is 11.3 Å². The third-order valence-corrected chi connectivity index (χ3v) is 2.31. The third kappa shape index (κ3) is 3.76. The zero-order valence-corrected chi connectivity index (χ0v) is 8.11. The SMILES string of the molecule is CC(C)(C)CNCC1CCC1. The van der Waals surface area contributed by atoms with E-state index in [-0.39, 0.29) is 0 Å². The van der Waals surface area contributed by atoms with Crippen LogP contribution in [0.4, 0.5) is 0 Å². The summed E-state index contributed by atoms with van der Waals surface area (Å²) in [6.45, 7) is 9.24. The van der Waals surface area contributed by atoms with E-state index in [0.717, 1.165) is 12.5 Å². The van der Waals surface area contributed by atoms with E-state index in [2.05, 4.69) is 26.1 Å². The Morgan fingerprint density at radius 3 is 2.27 bits per heavy atom. The molecule has 0 amide bonds. The summed E-state index contributed by atoms with van der Waals surface area (Å²) in [6.07, 6.45) is 4.37. The molecular formula is C10H21N. The van der Waals surface area contributed by atoms with Gasteiger partial charge in [0.25, 0.3) is 0 Å². The lowest BCUT2D eigenvalue weighted by molar-refractivity contribution is 0.280. The van der Waals surface area contributed by atoms with Crippen LogP contribution in [0.3, 0.4) is 0 Å². The van der Waals surface area contributed by atoms with Crippen molar-refractivity contribution >= 4 is 0 Å². The summed E-state index contributed by atoms with van der Waals surface area (Å²) in [4.78, 5) is 0. The first-order valence-corrected chi connectivity index (χ1v) is 4.79. The van der Waals surface area contributed by atoms with Crippen molar-refractivity contribution in [3.8, 4) is 0 Å². The highest BCUT2D eigenvalue weighted by Gasteiger charge is 2.17. The van der Waals surface area contributed by atoms with Gasteiger partial charge in [0.05, 0.1) is 0 Å². The number of nitrogens with one attached hydrogen (secondary N) is 1. The van der Waals surface area contributed by atoms with Crippen LogP contribution in [-0.2, 0) is 0 Å². The van der Waals surface area contributed by atoms with Gasteiger partial charge < -0.3 is 5.32 Å². The molecule has 0 aliphatic heterocycles. The minimum absolute atomic E-state index is 0.448. The Kier molecular flexibility index (Phi) is 2.94. The Morgan fingerprint density at radius 1 is 1.27 bits per heavy atom. The van der Waals surface area contributed by atoms with Gasteiger partial charge in [0.2, 0.25) is 0 Å². The maximum atomic E-state index is 3.53. The predicted octanol–water partition coefficient (Wildman–Crippen LogP) is 2.42. The molecule has 0 unspecified atom stereocenters. The lowest BCUT2D eigenvalue weighted by Crippen LogP contribution is -2.33. The van der Waals surface area contributed by atoms with E-state index in [4.69, 9.17) is 0 Å².